The Bertz CT molecular complexity index is 879. The molecule has 2 aliphatic carbocycles. The third-order valence-electron chi connectivity index (χ3n) is 7.65. The van der Waals surface area contributed by atoms with Crippen molar-refractivity contribution in [3.8, 4) is 11.5 Å². The lowest BCUT2D eigenvalue weighted by Crippen LogP contribution is -2.46. The quantitative estimate of drug-likeness (QED) is 0.656. The molecule has 1 saturated carbocycles. The predicted octanol–water partition coefficient (Wildman–Crippen LogP) is 5.40. The highest BCUT2D eigenvalue weighted by atomic mass is 16.5. The van der Waals surface area contributed by atoms with Gasteiger partial charge in [0.25, 0.3) is 0 Å². The van der Waals surface area contributed by atoms with Crippen LogP contribution >= 0.6 is 0 Å². The van der Waals surface area contributed by atoms with Gasteiger partial charge in [-0.15, -0.1) is 0 Å². The van der Waals surface area contributed by atoms with E-state index in [0.29, 0.717) is 18.6 Å². The normalized spacial score (nSPS) is 29.3. The molecule has 3 aliphatic rings. The number of aliphatic hydroxyl groups is 1. The fraction of sp³-hybridized carbons (Fsp3) is 0.654. The lowest BCUT2D eigenvalue weighted by atomic mass is 9.66. The number of carbonyl (C=O) groups is 1. The molecule has 1 fully saturated rings. The maximum atomic E-state index is 12.8. The second-order valence-corrected chi connectivity index (χ2v) is 10.8. The number of ether oxygens (including phenoxy) is 1. The minimum absolute atomic E-state index is 0.0374. The number of phenols is 1. The fourth-order valence-electron chi connectivity index (χ4n) is 5.60. The van der Waals surface area contributed by atoms with Gasteiger partial charge in [-0.3, -0.25) is 4.79 Å². The van der Waals surface area contributed by atoms with E-state index in [0.717, 1.165) is 48.1 Å². The molecule has 0 bridgehead atoms. The number of hydrogen-bond donors (Lipinski definition) is 2. The highest BCUT2D eigenvalue weighted by Crippen LogP contribution is 2.55. The van der Waals surface area contributed by atoms with Crippen LogP contribution in [0.25, 0.3) is 0 Å². The number of rotatable bonds is 6. The van der Waals surface area contributed by atoms with Crippen LogP contribution in [0.3, 0.4) is 0 Å². The monoisotopic (exact) mass is 412 g/mol. The minimum atomic E-state index is -0.366. The molecule has 2 N–H and O–H groups in total. The molecular weight excluding hydrogens is 376 g/mol. The first kappa shape index (κ1) is 21.4. The highest BCUT2D eigenvalue weighted by Gasteiger charge is 2.47. The van der Waals surface area contributed by atoms with Crippen molar-refractivity contribution in [1.82, 2.24) is 0 Å². The third kappa shape index (κ3) is 3.79. The van der Waals surface area contributed by atoms with Gasteiger partial charge in [0.05, 0.1) is 6.10 Å². The molecule has 0 aromatic heterocycles. The van der Waals surface area contributed by atoms with E-state index in [9.17, 15) is 15.0 Å². The SMILES string of the molecule is CCCC(C)(C)c1cc(O)c2c(c1)OC(C)(C)[C@@H]1CC=C(C(=O)CC3C[C@@H]3O)C[C@@H]21. The number of allylic oxidation sites excluding steroid dienone is 2. The molecule has 4 rings (SSSR count). The number of phenolic OH excluding ortho intramolecular Hbond substituents is 1. The van der Waals surface area contributed by atoms with E-state index in [1.807, 2.05) is 6.07 Å². The van der Waals surface area contributed by atoms with Gasteiger partial charge < -0.3 is 14.9 Å². The summed E-state index contributed by atoms with van der Waals surface area (Å²) in [4.78, 5) is 12.8. The first-order chi connectivity index (χ1) is 14.0. The van der Waals surface area contributed by atoms with Crippen molar-refractivity contribution in [3.63, 3.8) is 0 Å². The third-order valence-corrected chi connectivity index (χ3v) is 7.65. The molecule has 0 radical (unpaired) electrons. The molecular formula is C26H36O4. The Morgan fingerprint density at radius 1 is 1.30 bits per heavy atom. The molecule has 1 unspecified atom stereocenters. The number of fused-ring (bicyclic) bond motifs is 3. The number of hydrogen-bond acceptors (Lipinski definition) is 4. The molecule has 0 saturated heterocycles. The lowest BCUT2D eigenvalue weighted by molar-refractivity contribution is -0.116. The van der Waals surface area contributed by atoms with Gasteiger partial charge >= 0.3 is 0 Å². The molecule has 1 heterocycles. The maximum Gasteiger partial charge on any atom is 0.158 e. The van der Waals surface area contributed by atoms with Crippen molar-refractivity contribution in [2.75, 3.05) is 0 Å². The molecule has 164 valence electrons. The average Bonchev–Trinajstić information content (AvgIpc) is 3.34. The first-order valence-electron chi connectivity index (χ1n) is 11.5. The Hall–Kier alpha value is -1.81. The van der Waals surface area contributed by atoms with Crippen LogP contribution in [-0.4, -0.2) is 27.7 Å². The molecule has 1 aliphatic heterocycles. The molecule has 0 spiro atoms. The van der Waals surface area contributed by atoms with Crippen LogP contribution in [0.5, 0.6) is 11.5 Å². The number of ketones is 1. The van der Waals surface area contributed by atoms with Gasteiger partial charge in [0.2, 0.25) is 0 Å². The van der Waals surface area contributed by atoms with E-state index >= 15 is 0 Å². The lowest BCUT2D eigenvalue weighted by Gasteiger charge is -2.47. The van der Waals surface area contributed by atoms with Crippen molar-refractivity contribution >= 4 is 5.78 Å². The van der Waals surface area contributed by atoms with E-state index < -0.39 is 0 Å². The number of aliphatic hydroxyl groups excluding tert-OH is 1. The Kier molecular flexibility index (Phi) is 5.29. The van der Waals surface area contributed by atoms with E-state index in [-0.39, 0.29) is 40.7 Å². The summed E-state index contributed by atoms with van der Waals surface area (Å²) in [5, 5.41) is 20.7. The van der Waals surface area contributed by atoms with Crippen molar-refractivity contribution in [1.29, 1.82) is 0 Å². The Morgan fingerprint density at radius 2 is 2.00 bits per heavy atom. The molecule has 30 heavy (non-hydrogen) atoms. The van der Waals surface area contributed by atoms with Crippen LogP contribution in [0.15, 0.2) is 23.8 Å². The van der Waals surface area contributed by atoms with E-state index in [1.165, 1.54) is 0 Å². The van der Waals surface area contributed by atoms with Gasteiger partial charge in [-0.25, -0.2) is 0 Å². The summed E-state index contributed by atoms with van der Waals surface area (Å²) in [6, 6.07) is 4.02. The zero-order chi connectivity index (χ0) is 21.8. The maximum absolute atomic E-state index is 12.8. The Morgan fingerprint density at radius 3 is 2.63 bits per heavy atom. The van der Waals surface area contributed by atoms with E-state index in [1.54, 1.807) is 0 Å². The molecule has 4 heteroatoms. The van der Waals surface area contributed by atoms with Gasteiger partial charge in [-0.1, -0.05) is 33.3 Å². The number of benzene rings is 1. The van der Waals surface area contributed by atoms with Crippen LogP contribution in [0.4, 0.5) is 0 Å². The summed E-state index contributed by atoms with van der Waals surface area (Å²) in [6.45, 7) is 10.8. The van der Waals surface area contributed by atoms with Gasteiger partial charge in [-0.05, 0) is 74.1 Å². The van der Waals surface area contributed by atoms with Gasteiger partial charge in [-0.2, -0.15) is 0 Å². The molecule has 1 aromatic rings. The summed E-state index contributed by atoms with van der Waals surface area (Å²) in [5.74, 6) is 1.64. The van der Waals surface area contributed by atoms with Gasteiger partial charge in [0.1, 0.15) is 17.1 Å². The summed E-state index contributed by atoms with van der Waals surface area (Å²) in [6.07, 6.45) is 6.47. The summed E-state index contributed by atoms with van der Waals surface area (Å²) < 4.78 is 6.46. The van der Waals surface area contributed by atoms with Gasteiger partial charge in [0.15, 0.2) is 5.78 Å². The van der Waals surface area contributed by atoms with Crippen LogP contribution < -0.4 is 4.74 Å². The Balaban J connectivity index is 1.67. The van der Waals surface area contributed by atoms with Gasteiger partial charge in [0, 0.05) is 23.8 Å². The predicted molar refractivity (Wildman–Crippen MR) is 118 cm³/mol. The highest BCUT2D eigenvalue weighted by molar-refractivity contribution is 5.96. The smallest absolute Gasteiger partial charge is 0.158 e. The van der Waals surface area contributed by atoms with Crippen LogP contribution in [0.1, 0.15) is 90.2 Å². The van der Waals surface area contributed by atoms with Crippen molar-refractivity contribution in [2.45, 2.75) is 96.2 Å². The number of carbonyl (C=O) groups excluding carboxylic acids is 1. The largest absolute Gasteiger partial charge is 0.508 e. The van der Waals surface area contributed by atoms with Crippen molar-refractivity contribution in [2.24, 2.45) is 11.8 Å². The first-order valence-corrected chi connectivity index (χ1v) is 11.5. The number of Topliss-reactive ketones (excluding diaryl/α,β-unsaturated/α-hetero) is 1. The van der Waals surface area contributed by atoms with Crippen LogP contribution in [-0.2, 0) is 10.2 Å². The molecule has 4 atom stereocenters. The second kappa shape index (κ2) is 7.40. The molecule has 0 amide bonds. The second-order valence-electron chi connectivity index (χ2n) is 10.8. The van der Waals surface area contributed by atoms with E-state index in [4.69, 9.17) is 4.74 Å². The zero-order valence-corrected chi connectivity index (χ0v) is 19.0. The van der Waals surface area contributed by atoms with Crippen molar-refractivity contribution < 1.29 is 19.7 Å². The topological polar surface area (TPSA) is 66.8 Å². The molecule has 4 nitrogen and oxygen atoms in total. The Labute approximate surface area is 180 Å². The zero-order valence-electron chi connectivity index (χ0n) is 19.0. The minimum Gasteiger partial charge on any atom is -0.508 e. The summed E-state index contributed by atoms with van der Waals surface area (Å²) in [7, 11) is 0. The summed E-state index contributed by atoms with van der Waals surface area (Å²) >= 11 is 0. The van der Waals surface area contributed by atoms with Crippen molar-refractivity contribution in [3.05, 3.63) is 34.9 Å². The average molecular weight is 413 g/mol. The van der Waals surface area contributed by atoms with Crippen LogP contribution in [0, 0.1) is 11.8 Å². The van der Waals surface area contributed by atoms with E-state index in [2.05, 4.69) is 46.8 Å². The summed E-state index contributed by atoms with van der Waals surface area (Å²) in [5.41, 5.74) is 2.41. The van der Waals surface area contributed by atoms with Crippen LogP contribution in [0.2, 0.25) is 0 Å². The number of aromatic hydroxyl groups is 1. The molecule has 1 aromatic carbocycles. The standard InChI is InChI=1S/C26H36O4/c1-6-9-25(2,3)17-13-22(29)24-18-10-15(20(27)11-16-12-21(16)28)7-8-19(18)26(4,5)30-23(24)14-17/h7,13-14,16,18-19,21,28-29H,6,8-12H2,1-5H3/t16?,18-,19-,21+/m1/s1. The fourth-order valence-corrected chi connectivity index (χ4v) is 5.60.